The fraction of sp³-hybridized carbons (Fsp3) is 0.250. The van der Waals surface area contributed by atoms with Gasteiger partial charge in [0.2, 0.25) is 0 Å². The van der Waals surface area contributed by atoms with Crippen molar-refractivity contribution in [1.29, 1.82) is 0 Å². The van der Waals surface area contributed by atoms with Gasteiger partial charge in [0.1, 0.15) is 6.04 Å². The van der Waals surface area contributed by atoms with Crippen LogP contribution in [0.1, 0.15) is 17.3 Å². The van der Waals surface area contributed by atoms with E-state index in [0.29, 0.717) is 9.35 Å². The molecule has 0 bridgehead atoms. The molecule has 0 fully saturated rings. The van der Waals surface area contributed by atoms with Gasteiger partial charge in [-0.3, -0.25) is 9.59 Å². The van der Waals surface area contributed by atoms with Gasteiger partial charge in [0.05, 0.1) is 13.1 Å². The molecule has 0 radical (unpaired) electrons. The maximum Gasteiger partial charge on any atom is 0.325 e. The summed E-state index contributed by atoms with van der Waals surface area (Å²) in [5.74, 6) is -1.47. The first-order chi connectivity index (χ1) is 6.91. The van der Waals surface area contributed by atoms with E-state index in [1.165, 1.54) is 18.3 Å². The molecular formula is C8H7Br2NO3S. The molecule has 0 aliphatic carbocycles. The van der Waals surface area contributed by atoms with E-state index in [-0.39, 0.29) is 0 Å². The zero-order valence-corrected chi connectivity index (χ0v) is 11.6. The van der Waals surface area contributed by atoms with Crippen molar-refractivity contribution in [3.05, 3.63) is 19.2 Å². The second kappa shape index (κ2) is 5.09. The molecule has 0 saturated carbocycles. The third kappa shape index (κ3) is 3.29. The number of rotatable bonds is 3. The smallest absolute Gasteiger partial charge is 0.325 e. The molecule has 0 saturated heterocycles. The Hall–Kier alpha value is -0.400. The number of aliphatic carboxylic acids is 1. The van der Waals surface area contributed by atoms with Crippen LogP contribution in [0, 0.1) is 0 Å². The summed E-state index contributed by atoms with van der Waals surface area (Å²) >= 11 is 7.82. The van der Waals surface area contributed by atoms with E-state index in [1.807, 2.05) is 0 Å². The summed E-state index contributed by atoms with van der Waals surface area (Å²) in [5.41, 5.74) is 0.431. The molecule has 15 heavy (non-hydrogen) atoms. The summed E-state index contributed by atoms with van der Waals surface area (Å²) in [4.78, 5) is 22.1. The molecule has 2 N–H and O–H groups in total. The lowest BCUT2D eigenvalue weighted by molar-refractivity contribution is -0.138. The van der Waals surface area contributed by atoms with E-state index in [0.717, 1.165) is 3.79 Å². The zero-order valence-electron chi connectivity index (χ0n) is 7.58. The first kappa shape index (κ1) is 12.7. The van der Waals surface area contributed by atoms with Gasteiger partial charge in [-0.15, -0.1) is 11.3 Å². The maximum atomic E-state index is 11.6. The first-order valence-corrected chi connectivity index (χ1v) is 6.30. The Bertz CT molecular complexity index is 405. The fourth-order valence-electron chi connectivity index (χ4n) is 0.831. The lowest BCUT2D eigenvalue weighted by atomic mass is 10.3. The predicted molar refractivity (Wildman–Crippen MR) is 64.3 cm³/mol. The summed E-state index contributed by atoms with van der Waals surface area (Å²) in [7, 11) is 0. The largest absolute Gasteiger partial charge is 0.480 e. The molecule has 1 aromatic rings. The van der Waals surface area contributed by atoms with Crippen LogP contribution in [0.4, 0.5) is 0 Å². The predicted octanol–water partition coefficient (Wildman–Crippen LogP) is 2.48. The summed E-state index contributed by atoms with van der Waals surface area (Å²) in [5, 5.41) is 11.0. The van der Waals surface area contributed by atoms with Gasteiger partial charge in [-0.1, -0.05) is 0 Å². The molecule has 0 aliphatic rings. The van der Waals surface area contributed by atoms with E-state index in [9.17, 15) is 9.59 Å². The molecule has 1 aromatic heterocycles. The summed E-state index contributed by atoms with van der Waals surface area (Å²) < 4.78 is 1.48. The molecule has 0 spiro atoms. The SMILES string of the molecule is C[C@H](NC(=O)c1cc(Br)sc1Br)C(=O)O. The standard InChI is InChI=1S/C8H7Br2NO3S/c1-3(8(13)14)11-7(12)4-2-5(9)15-6(4)10/h2-3H,1H3,(H,11,12)(H,13,14)/t3-/m0/s1. The summed E-state index contributed by atoms with van der Waals surface area (Å²) in [6.07, 6.45) is 0. The normalized spacial score (nSPS) is 12.2. The van der Waals surface area contributed by atoms with Gasteiger partial charge in [-0.25, -0.2) is 0 Å². The van der Waals surface area contributed by atoms with Gasteiger partial charge in [-0.05, 0) is 44.8 Å². The number of carboxylic acids is 1. The van der Waals surface area contributed by atoms with Crippen LogP contribution < -0.4 is 5.32 Å². The molecule has 0 aliphatic heterocycles. The van der Waals surface area contributed by atoms with Gasteiger partial charge in [-0.2, -0.15) is 0 Å². The van der Waals surface area contributed by atoms with Gasteiger partial charge in [0.15, 0.2) is 0 Å². The summed E-state index contributed by atoms with van der Waals surface area (Å²) in [6.45, 7) is 1.41. The van der Waals surface area contributed by atoms with Gasteiger partial charge < -0.3 is 10.4 Å². The Morgan fingerprint density at radius 2 is 2.13 bits per heavy atom. The number of carbonyl (C=O) groups is 2. The van der Waals surface area contributed by atoms with Crippen LogP contribution in [0.25, 0.3) is 0 Å². The quantitative estimate of drug-likeness (QED) is 0.874. The highest BCUT2D eigenvalue weighted by atomic mass is 79.9. The molecule has 1 atom stereocenters. The van der Waals surface area contributed by atoms with E-state index >= 15 is 0 Å². The number of amides is 1. The number of carboxylic acid groups (broad SMARTS) is 1. The molecule has 1 heterocycles. The molecule has 0 unspecified atom stereocenters. The first-order valence-electron chi connectivity index (χ1n) is 3.90. The van der Waals surface area contributed by atoms with E-state index in [2.05, 4.69) is 37.2 Å². The Morgan fingerprint density at radius 1 is 1.53 bits per heavy atom. The van der Waals surface area contributed by atoms with Crippen molar-refractivity contribution in [2.45, 2.75) is 13.0 Å². The van der Waals surface area contributed by atoms with E-state index in [1.54, 1.807) is 6.07 Å². The van der Waals surface area contributed by atoms with Crippen molar-refractivity contribution in [2.24, 2.45) is 0 Å². The Labute approximate surface area is 107 Å². The Balaban J connectivity index is 2.77. The van der Waals surface area contributed by atoms with Crippen molar-refractivity contribution >= 4 is 55.1 Å². The highest BCUT2D eigenvalue weighted by molar-refractivity contribution is 9.12. The highest BCUT2D eigenvalue weighted by Gasteiger charge is 2.18. The third-order valence-corrected chi connectivity index (χ3v) is 3.96. The molecule has 1 rings (SSSR count). The molecule has 0 aromatic carbocycles. The van der Waals surface area contributed by atoms with Crippen molar-refractivity contribution in [1.82, 2.24) is 5.32 Å². The van der Waals surface area contributed by atoms with Crippen molar-refractivity contribution in [3.63, 3.8) is 0 Å². The zero-order chi connectivity index (χ0) is 11.6. The molecule has 82 valence electrons. The molecular weight excluding hydrogens is 350 g/mol. The molecule has 4 nitrogen and oxygen atoms in total. The minimum atomic E-state index is -1.06. The monoisotopic (exact) mass is 355 g/mol. The number of hydrogen-bond acceptors (Lipinski definition) is 3. The van der Waals surface area contributed by atoms with E-state index in [4.69, 9.17) is 5.11 Å². The lowest BCUT2D eigenvalue weighted by Gasteiger charge is -2.07. The average Bonchev–Trinajstić information content (AvgIpc) is 2.44. The highest BCUT2D eigenvalue weighted by Crippen LogP contribution is 2.31. The Kier molecular flexibility index (Phi) is 4.30. The topological polar surface area (TPSA) is 66.4 Å². The van der Waals surface area contributed by atoms with Crippen LogP contribution in [0.15, 0.2) is 13.6 Å². The summed E-state index contributed by atoms with van der Waals surface area (Å²) in [6, 6.07) is 0.738. The average molecular weight is 357 g/mol. The number of halogens is 2. The third-order valence-electron chi connectivity index (χ3n) is 1.62. The van der Waals surface area contributed by atoms with Gasteiger partial charge >= 0.3 is 5.97 Å². The van der Waals surface area contributed by atoms with Crippen molar-refractivity contribution < 1.29 is 14.7 Å². The van der Waals surface area contributed by atoms with Crippen LogP contribution >= 0.6 is 43.2 Å². The molecule has 1 amide bonds. The van der Waals surface area contributed by atoms with Crippen LogP contribution in [0.2, 0.25) is 0 Å². The number of carbonyl (C=O) groups excluding carboxylic acids is 1. The van der Waals surface area contributed by atoms with Gasteiger partial charge in [0, 0.05) is 0 Å². The van der Waals surface area contributed by atoms with Crippen LogP contribution in [0.5, 0.6) is 0 Å². The van der Waals surface area contributed by atoms with E-state index < -0.39 is 17.9 Å². The van der Waals surface area contributed by atoms with Gasteiger partial charge in [0.25, 0.3) is 5.91 Å². The number of hydrogen-bond donors (Lipinski definition) is 2. The second-order valence-corrected chi connectivity index (χ2v) is 6.52. The van der Waals surface area contributed by atoms with Crippen LogP contribution in [0.3, 0.4) is 0 Å². The minimum Gasteiger partial charge on any atom is -0.480 e. The number of thiophene rings is 1. The Morgan fingerprint density at radius 3 is 2.53 bits per heavy atom. The maximum absolute atomic E-state index is 11.6. The minimum absolute atomic E-state index is 0.404. The lowest BCUT2D eigenvalue weighted by Crippen LogP contribution is -2.38. The van der Waals surface area contributed by atoms with Crippen LogP contribution in [-0.4, -0.2) is 23.0 Å². The fourth-order valence-corrected chi connectivity index (χ4v) is 3.62. The number of nitrogens with one attached hydrogen (secondary N) is 1. The second-order valence-electron chi connectivity index (χ2n) is 2.77. The molecule has 7 heteroatoms. The van der Waals surface area contributed by atoms with Crippen LogP contribution in [-0.2, 0) is 4.79 Å². The van der Waals surface area contributed by atoms with Crippen molar-refractivity contribution in [3.8, 4) is 0 Å². The van der Waals surface area contributed by atoms with Crippen molar-refractivity contribution in [2.75, 3.05) is 0 Å².